The minimum absolute atomic E-state index is 0.0460. The number of hydrogen-bond donors (Lipinski definition) is 3. The molecule has 0 radical (unpaired) electrons. The van der Waals surface area contributed by atoms with Crippen molar-refractivity contribution in [1.82, 2.24) is 4.72 Å². The number of oxime groups is 1. The molecule has 0 aromatic carbocycles. The molecule has 0 bridgehead atoms. The van der Waals surface area contributed by atoms with Crippen molar-refractivity contribution in [3.63, 3.8) is 0 Å². The highest BCUT2D eigenvalue weighted by molar-refractivity contribution is 7.90. The van der Waals surface area contributed by atoms with E-state index in [4.69, 9.17) is 10.9 Å². The second-order valence-electron chi connectivity index (χ2n) is 4.94. The van der Waals surface area contributed by atoms with Gasteiger partial charge in [0.25, 0.3) is 0 Å². The van der Waals surface area contributed by atoms with Gasteiger partial charge in [-0.3, -0.25) is 0 Å². The predicted octanol–water partition coefficient (Wildman–Crippen LogP) is 1.96. The number of thiophene rings is 1. The molecule has 0 spiro atoms. The molecule has 1 unspecified atom stereocenters. The Bertz CT molecular complexity index is 426. The topological polar surface area (TPSA) is 93.7 Å². The number of amidine groups is 1. The van der Waals surface area contributed by atoms with Crippen molar-refractivity contribution in [3.8, 4) is 0 Å². The zero-order chi connectivity index (χ0) is 13.9. The fraction of sp³-hybridized carbons (Fsp3) is 0.545. The van der Waals surface area contributed by atoms with E-state index in [1.165, 1.54) is 11.3 Å². The summed E-state index contributed by atoms with van der Waals surface area (Å²) in [6.07, 6.45) is 0. The Balaban J connectivity index is 2.74. The van der Waals surface area contributed by atoms with Gasteiger partial charge in [-0.25, -0.2) is 0 Å². The maximum Gasteiger partial charge on any atom is 0.170 e. The molecule has 4 N–H and O–H groups in total. The maximum atomic E-state index is 12.0. The lowest BCUT2D eigenvalue weighted by atomic mass is 10.2. The molecule has 0 aliphatic heterocycles. The van der Waals surface area contributed by atoms with Crippen molar-refractivity contribution in [2.75, 3.05) is 0 Å². The van der Waals surface area contributed by atoms with Crippen LogP contribution in [0, 0.1) is 0 Å². The third kappa shape index (κ3) is 3.88. The minimum Gasteiger partial charge on any atom is -0.598 e. The number of hydrogen-bond acceptors (Lipinski definition) is 5. The Morgan fingerprint density at radius 2 is 2.22 bits per heavy atom. The van der Waals surface area contributed by atoms with E-state index in [9.17, 15) is 4.55 Å². The third-order valence-electron chi connectivity index (χ3n) is 2.29. The van der Waals surface area contributed by atoms with Crippen LogP contribution in [0.1, 0.15) is 44.2 Å². The molecule has 0 saturated heterocycles. The molecule has 0 amide bonds. The lowest BCUT2D eigenvalue weighted by molar-refractivity contribution is 0.318. The van der Waals surface area contributed by atoms with Crippen LogP contribution in [0.4, 0.5) is 0 Å². The van der Waals surface area contributed by atoms with Crippen LogP contribution >= 0.6 is 11.3 Å². The first-order valence-corrected chi connectivity index (χ1v) is 7.53. The van der Waals surface area contributed by atoms with Crippen molar-refractivity contribution in [2.45, 2.75) is 38.5 Å². The van der Waals surface area contributed by atoms with Gasteiger partial charge in [-0.05, 0) is 33.8 Å². The summed E-state index contributed by atoms with van der Waals surface area (Å²) in [5.41, 5.74) is 6.18. The van der Waals surface area contributed by atoms with Crippen LogP contribution in [0.2, 0.25) is 0 Å². The number of nitrogens with one attached hydrogen (secondary N) is 1. The van der Waals surface area contributed by atoms with Crippen LogP contribution in [0.3, 0.4) is 0 Å². The van der Waals surface area contributed by atoms with Gasteiger partial charge in [0.05, 0.1) is 6.04 Å². The van der Waals surface area contributed by atoms with Gasteiger partial charge in [-0.2, -0.15) is 0 Å². The predicted molar refractivity (Wildman–Crippen MR) is 76.3 cm³/mol. The van der Waals surface area contributed by atoms with Gasteiger partial charge in [0, 0.05) is 27.2 Å². The molecule has 0 fully saturated rings. The van der Waals surface area contributed by atoms with Gasteiger partial charge in [0.15, 0.2) is 5.84 Å². The van der Waals surface area contributed by atoms with E-state index in [1.54, 1.807) is 0 Å². The van der Waals surface area contributed by atoms with Crippen molar-refractivity contribution in [3.05, 3.63) is 21.9 Å². The van der Waals surface area contributed by atoms with Crippen molar-refractivity contribution in [1.29, 1.82) is 0 Å². The summed E-state index contributed by atoms with van der Waals surface area (Å²) in [5, 5.41) is 13.4. The highest BCUT2D eigenvalue weighted by Gasteiger charge is 2.28. The molecule has 0 saturated carbocycles. The monoisotopic (exact) mass is 289 g/mol. The van der Waals surface area contributed by atoms with Gasteiger partial charge in [-0.1, -0.05) is 5.16 Å². The summed E-state index contributed by atoms with van der Waals surface area (Å²) in [4.78, 5) is 0.995. The quantitative estimate of drug-likeness (QED) is 0.260. The SMILES string of the molecule is C[C@H](N[S+]([O-])C(C)(C)C)c1cc(C(N)=NO)cs1. The summed E-state index contributed by atoms with van der Waals surface area (Å²) in [6, 6.07) is 1.78. The second-order valence-corrected chi connectivity index (χ2v) is 7.88. The molecule has 2 atom stereocenters. The van der Waals surface area contributed by atoms with Gasteiger partial charge in [0.2, 0.25) is 0 Å². The standard InChI is InChI=1S/C11H19N3O2S2/c1-7(14-18(16)11(2,3)4)9-5-8(6-17-9)10(12)13-15/h5-7,14-15H,1-4H3,(H2,12,13)/t7-,18?/m0/s1. The average molecular weight is 289 g/mol. The second kappa shape index (κ2) is 5.92. The third-order valence-corrected chi connectivity index (χ3v) is 5.09. The zero-order valence-electron chi connectivity index (χ0n) is 10.9. The number of nitrogens with two attached hydrogens (primary N) is 1. The van der Waals surface area contributed by atoms with E-state index in [0.717, 1.165) is 4.88 Å². The Hall–Kier alpha value is -0.760. The summed E-state index contributed by atoms with van der Waals surface area (Å²) >= 11 is 0.360. The summed E-state index contributed by atoms with van der Waals surface area (Å²) in [5.74, 6) is 0.0849. The average Bonchev–Trinajstić information content (AvgIpc) is 2.75. The van der Waals surface area contributed by atoms with E-state index >= 15 is 0 Å². The van der Waals surface area contributed by atoms with E-state index in [1.807, 2.05) is 39.1 Å². The van der Waals surface area contributed by atoms with Gasteiger partial charge >= 0.3 is 0 Å². The highest BCUT2D eigenvalue weighted by atomic mass is 32.2. The van der Waals surface area contributed by atoms with Crippen LogP contribution < -0.4 is 10.5 Å². The molecule has 1 heterocycles. The van der Waals surface area contributed by atoms with E-state index in [-0.39, 0.29) is 16.6 Å². The van der Waals surface area contributed by atoms with Crippen LogP contribution in [0.25, 0.3) is 0 Å². The molecular weight excluding hydrogens is 270 g/mol. The Labute approximate surface area is 114 Å². The van der Waals surface area contributed by atoms with E-state index in [2.05, 4.69) is 9.88 Å². The molecule has 7 heteroatoms. The Morgan fingerprint density at radius 1 is 1.61 bits per heavy atom. The molecule has 1 aromatic rings. The van der Waals surface area contributed by atoms with Crippen molar-refractivity contribution in [2.24, 2.45) is 10.9 Å². The first kappa shape index (κ1) is 15.3. The van der Waals surface area contributed by atoms with Gasteiger partial charge in [-0.15, -0.1) is 16.1 Å². The maximum absolute atomic E-state index is 12.0. The van der Waals surface area contributed by atoms with Gasteiger partial charge in [0.1, 0.15) is 4.75 Å². The molecule has 1 aromatic heterocycles. The molecule has 1 rings (SSSR count). The molecule has 102 valence electrons. The summed E-state index contributed by atoms with van der Waals surface area (Å²) in [7, 11) is 0. The number of nitrogens with zero attached hydrogens (tertiary/aromatic N) is 1. The zero-order valence-corrected chi connectivity index (χ0v) is 12.6. The first-order chi connectivity index (χ1) is 8.25. The number of rotatable bonds is 4. The van der Waals surface area contributed by atoms with Crippen LogP contribution in [0.5, 0.6) is 0 Å². The molecule has 18 heavy (non-hydrogen) atoms. The smallest absolute Gasteiger partial charge is 0.170 e. The highest BCUT2D eigenvalue weighted by Crippen LogP contribution is 2.24. The normalized spacial score (nSPS) is 16.6. The molecular formula is C11H19N3O2S2. The lowest BCUT2D eigenvalue weighted by Crippen LogP contribution is -2.40. The fourth-order valence-corrected chi connectivity index (χ4v) is 2.95. The Morgan fingerprint density at radius 3 is 2.72 bits per heavy atom. The van der Waals surface area contributed by atoms with Crippen LogP contribution in [0.15, 0.2) is 16.6 Å². The summed E-state index contributed by atoms with van der Waals surface area (Å²) in [6.45, 7) is 7.68. The fourth-order valence-electron chi connectivity index (χ4n) is 1.17. The van der Waals surface area contributed by atoms with E-state index in [0.29, 0.717) is 5.56 Å². The van der Waals surface area contributed by atoms with Crippen molar-refractivity contribution >= 4 is 28.5 Å². The lowest BCUT2D eigenvalue weighted by Gasteiger charge is -2.26. The van der Waals surface area contributed by atoms with Crippen molar-refractivity contribution < 1.29 is 9.76 Å². The summed E-state index contributed by atoms with van der Waals surface area (Å²) < 4.78 is 14.7. The first-order valence-electron chi connectivity index (χ1n) is 5.50. The van der Waals surface area contributed by atoms with Crippen LogP contribution in [-0.4, -0.2) is 20.3 Å². The minimum atomic E-state index is -1.13. The van der Waals surface area contributed by atoms with Crippen LogP contribution in [-0.2, 0) is 11.4 Å². The molecule has 5 nitrogen and oxygen atoms in total. The van der Waals surface area contributed by atoms with Gasteiger partial charge < -0.3 is 15.5 Å². The molecule has 0 aliphatic carbocycles. The molecule has 0 aliphatic rings. The largest absolute Gasteiger partial charge is 0.598 e. The van der Waals surface area contributed by atoms with E-state index < -0.39 is 11.4 Å². The Kier molecular flexibility index (Phi) is 5.03.